The van der Waals surface area contributed by atoms with E-state index in [-0.39, 0.29) is 16.8 Å². The van der Waals surface area contributed by atoms with Crippen LogP contribution in [0.3, 0.4) is 0 Å². The van der Waals surface area contributed by atoms with E-state index in [2.05, 4.69) is 9.17 Å². The van der Waals surface area contributed by atoms with Gasteiger partial charge in [0, 0.05) is 17.3 Å². The number of nitriles is 1. The van der Waals surface area contributed by atoms with Crippen LogP contribution in [0.5, 0.6) is 5.75 Å². The summed E-state index contributed by atoms with van der Waals surface area (Å²) in [6.45, 7) is 1.67. The molecule has 2 aromatic rings. The third-order valence-corrected chi connectivity index (χ3v) is 3.72. The van der Waals surface area contributed by atoms with Gasteiger partial charge in [-0.3, -0.25) is 4.98 Å². The Morgan fingerprint density at radius 1 is 1.22 bits per heavy atom. The minimum atomic E-state index is -5.85. The number of rotatable bonds is 3. The van der Waals surface area contributed by atoms with Crippen LogP contribution in [0.2, 0.25) is 0 Å². The topological polar surface area (TPSA) is 80.0 Å². The molecule has 1 heterocycles. The fourth-order valence-electron chi connectivity index (χ4n) is 1.73. The summed E-state index contributed by atoms with van der Waals surface area (Å²) >= 11 is 0. The van der Waals surface area contributed by atoms with Gasteiger partial charge < -0.3 is 4.18 Å². The van der Waals surface area contributed by atoms with E-state index in [4.69, 9.17) is 5.26 Å². The number of pyridine rings is 1. The van der Waals surface area contributed by atoms with Crippen LogP contribution >= 0.6 is 0 Å². The standard InChI is InChI=1S/C14H9F3N2O3S/c1-9-3-2-4-12(19-9)11-6-5-10(8-18)7-13(11)22-23(20,21)14(15,16)17/h2-7H,1H3. The normalized spacial score (nSPS) is 11.8. The number of hydrogen-bond donors (Lipinski definition) is 0. The highest BCUT2D eigenvalue weighted by molar-refractivity contribution is 7.88. The molecule has 0 saturated heterocycles. The molecule has 1 aromatic heterocycles. The van der Waals surface area contributed by atoms with Crippen LogP contribution < -0.4 is 4.18 Å². The first-order chi connectivity index (χ1) is 10.6. The summed E-state index contributed by atoms with van der Waals surface area (Å²) in [7, 11) is -5.85. The molecule has 0 saturated carbocycles. The van der Waals surface area contributed by atoms with Gasteiger partial charge in [0.05, 0.1) is 17.3 Å². The molecule has 0 bridgehead atoms. The molecule has 9 heteroatoms. The molecule has 120 valence electrons. The van der Waals surface area contributed by atoms with Gasteiger partial charge in [-0.1, -0.05) is 6.07 Å². The fourth-order valence-corrected chi connectivity index (χ4v) is 2.20. The lowest BCUT2D eigenvalue weighted by Gasteiger charge is -2.13. The molecule has 1 aromatic carbocycles. The lowest BCUT2D eigenvalue weighted by molar-refractivity contribution is -0.0499. The summed E-state index contributed by atoms with van der Waals surface area (Å²) < 4.78 is 64.2. The van der Waals surface area contributed by atoms with E-state index in [0.29, 0.717) is 5.69 Å². The van der Waals surface area contributed by atoms with Crippen molar-refractivity contribution in [1.29, 1.82) is 5.26 Å². The molecule has 0 aliphatic carbocycles. The van der Waals surface area contributed by atoms with E-state index in [0.717, 1.165) is 6.07 Å². The molecular formula is C14H9F3N2O3S. The second kappa shape index (κ2) is 5.89. The average Bonchev–Trinajstić information content (AvgIpc) is 2.45. The Hall–Kier alpha value is -2.60. The van der Waals surface area contributed by atoms with Gasteiger partial charge >= 0.3 is 15.6 Å². The maximum absolute atomic E-state index is 12.5. The van der Waals surface area contributed by atoms with Crippen molar-refractivity contribution >= 4 is 10.1 Å². The van der Waals surface area contributed by atoms with Crippen LogP contribution in [0.4, 0.5) is 13.2 Å². The van der Waals surface area contributed by atoms with E-state index in [1.807, 2.05) is 0 Å². The van der Waals surface area contributed by atoms with Crippen LogP contribution in [0, 0.1) is 18.3 Å². The molecule has 23 heavy (non-hydrogen) atoms. The molecule has 0 aliphatic heterocycles. The molecule has 0 aliphatic rings. The summed E-state index contributed by atoms with van der Waals surface area (Å²) in [5.74, 6) is -0.612. The summed E-state index contributed by atoms with van der Waals surface area (Å²) in [4.78, 5) is 4.11. The fraction of sp³-hybridized carbons (Fsp3) is 0.143. The number of alkyl halides is 3. The van der Waals surface area contributed by atoms with Crippen LogP contribution in [0.25, 0.3) is 11.3 Å². The van der Waals surface area contributed by atoms with E-state index < -0.39 is 21.4 Å². The van der Waals surface area contributed by atoms with Gasteiger partial charge in [0.1, 0.15) is 0 Å². The van der Waals surface area contributed by atoms with Gasteiger partial charge in [-0.15, -0.1) is 0 Å². The first-order valence-electron chi connectivity index (χ1n) is 6.13. The first kappa shape index (κ1) is 16.8. The average molecular weight is 342 g/mol. The van der Waals surface area contributed by atoms with E-state index in [1.165, 1.54) is 18.2 Å². The lowest BCUT2D eigenvalue weighted by atomic mass is 10.1. The molecule has 0 radical (unpaired) electrons. The lowest BCUT2D eigenvalue weighted by Crippen LogP contribution is -2.28. The number of hydrogen-bond acceptors (Lipinski definition) is 5. The Labute approximate surface area is 130 Å². The quantitative estimate of drug-likeness (QED) is 0.632. The minimum absolute atomic E-state index is 0.0283. The molecule has 0 atom stereocenters. The number of halogens is 3. The molecular weight excluding hydrogens is 333 g/mol. The van der Waals surface area contributed by atoms with Crippen molar-refractivity contribution in [1.82, 2.24) is 4.98 Å². The summed E-state index contributed by atoms with van der Waals surface area (Å²) in [5.41, 5.74) is -4.79. The van der Waals surface area contributed by atoms with E-state index in [1.54, 1.807) is 25.1 Å². The van der Waals surface area contributed by atoms with Crippen molar-refractivity contribution in [3.63, 3.8) is 0 Å². The number of nitrogens with zero attached hydrogens (tertiary/aromatic N) is 2. The second-order valence-electron chi connectivity index (χ2n) is 4.47. The van der Waals surface area contributed by atoms with Gasteiger partial charge in [-0.25, -0.2) is 0 Å². The Bertz CT molecular complexity index is 887. The third kappa shape index (κ3) is 3.60. The van der Waals surface area contributed by atoms with Crippen molar-refractivity contribution < 1.29 is 25.8 Å². The van der Waals surface area contributed by atoms with Gasteiger partial charge in [-0.05, 0) is 31.2 Å². The van der Waals surface area contributed by atoms with Crippen molar-refractivity contribution in [2.24, 2.45) is 0 Å². The zero-order chi connectivity index (χ0) is 17.3. The second-order valence-corrected chi connectivity index (χ2v) is 6.01. The molecule has 0 spiro atoms. The minimum Gasteiger partial charge on any atom is -0.375 e. The van der Waals surface area contributed by atoms with Crippen LogP contribution in [0.1, 0.15) is 11.3 Å². The zero-order valence-electron chi connectivity index (χ0n) is 11.6. The molecule has 5 nitrogen and oxygen atoms in total. The zero-order valence-corrected chi connectivity index (χ0v) is 12.4. The Morgan fingerprint density at radius 3 is 2.48 bits per heavy atom. The summed E-state index contributed by atoms with van der Waals surface area (Å²) in [6.07, 6.45) is 0. The van der Waals surface area contributed by atoms with Gasteiger partial charge in [0.25, 0.3) is 0 Å². The molecule has 0 N–H and O–H groups in total. The molecule has 0 fully saturated rings. The van der Waals surface area contributed by atoms with Gasteiger partial charge in [0.2, 0.25) is 0 Å². The Kier molecular flexibility index (Phi) is 4.29. The highest BCUT2D eigenvalue weighted by atomic mass is 32.2. The highest BCUT2D eigenvalue weighted by Crippen LogP contribution is 2.34. The Balaban J connectivity index is 2.60. The predicted molar refractivity (Wildman–Crippen MR) is 74.7 cm³/mol. The van der Waals surface area contributed by atoms with Crippen LogP contribution in [0.15, 0.2) is 36.4 Å². The van der Waals surface area contributed by atoms with Gasteiger partial charge in [-0.2, -0.15) is 26.9 Å². The largest absolute Gasteiger partial charge is 0.534 e. The van der Waals surface area contributed by atoms with Crippen molar-refractivity contribution in [3.8, 4) is 23.1 Å². The number of benzene rings is 1. The van der Waals surface area contributed by atoms with Gasteiger partial charge in [0.15, 0.2) is 5.75 Å². The first-order valence-corrected chi connectivity index (χ1v) is 7.54. The van der Waals surface area contributed by atoms with Crippen LogP contribution in [-0.4, -0.2) is 18.9 Å². The SMILES string of the molecule is Cc1cccc(-c2ccc(C#N)cc2OS(=O)(=O)C(F)(F)F)n1. The van der Waals surface area contributed by atoms with E-state index in [9.17, 15) is 21.6 Å². The highest BCUT2D eigenvalue weighted by Gasteiger charge is 2.48. The predicted octanol–water partition coefficient (Wildman–Crippen LogP) is 3.16. The maximum atomic E-state index is 12.5. The van der Waals surface area contributed by atoms with Crippen molar-refractivity contribution in [3.05, 3.63) is 47.7 Å². The Morgan fingerprint density at radius 2 is 1.91 bits per heavy atom. The molecule has 0 unspecified atom stereocenters. The monoisotopic (exact) mass is 342 g/mol. The van der Waals surface area contributed by atoms with Crippen molar-refractivity contribution in [2.45, 2.75) is 12.4 Å². The smallest absolute Gasteiger partial charge is 0.375 e. The summed E-state index contributed by atoms with van der Waals surface area (Å²) in [6, 6.07) is 9.99. The number of aryl methyl sites for hydroxylation is 1. The van der Waals surface area contributed by atoms with E-state index >= 15 is 0 Å². The number of aromatic nitrogens is 1. The van der Waals surface area contributed by atoms with Crippen LogP contribution in [-0.2, 0) is 10.1 Å². The summed E-state index contributed by atoms with van der Waals surface area (Å²) in [5, 5.41) is 8.83. The molecule has 0 amide bonds. The maximum Gasteiger partial charge on any atom is 0.534 e. The van der Waals surface area contributed by atoms with Crippen molar-refractivity contribution in [2.75, 3.05) is 0 Å². The molecule has 2 rings (SSSR count). The third-order valence-electron chi connectivity index (χ3n) is 2.76.